The third-order valence-electron chi connectivity index (χ3n) is 3.47. The molecule has 1 aromatic carbocycles. The zero-order valence-electron chi connectivity index (χ0n) is 10.2. The molecule has 0 N–H and O–H groups in total. The van der Waals surface area contributed by atoms with Gasteiger partial charge in [0.25, 0.3) is 0 Å². The summed E-state index contributed by atoms with van der Waals surface area (Å²) in [5.41, 5.74) is 3.25. The Kier molecular flexibility index (Phi) is 2.59. The fraction of sp³-hybridized carbons (Fsp3) is 0.385. The van der Waals surface area contributed by atoms with Crippen molar-refractivity contribution in [3.05, 3.63) is 35.4 Å². The summed E-state index contributed by atoms with van der Waals surface area (Å²) in [6.07, 6.45) is 0. The van der Waals surface area contributed by atoms with Gasteiger partial charge >= 0.3 is 0 Å². The summed E-state index contributed by atoms with van der Waals surface area (Å²) in [4.78, 5) is 2.20. The minimum absolute atomic E-state index is 0.239. The van der Waals surface area contributed by atoms with E-state index in [1.165, 1.54) is 0 Å². The molecule has 3 rings (SSSR count). The van der Waals surface area contributed by atoms with E-state index >= 15 is 0 Å². The predicted octanol–water partition coefficient (Wildman–Crippen LogP) is 1.24. The molecule has 0 amide bonds. The molecule has 0 fully saturated rings. The van der Waals surface area contributed by atoms with Gasteiger partial charge in [0.1, 0.15) is 5.75 Å². The maximum Gasteiger partial charge on any atom is 0.158 e. The van der Waals surface area contributed by atoms with Crippen LogP contribution in [0.1, 0.15) is 0 Å². The Morgan fingerprint density at radius 1 is 1.17 bits per heavy atom. The van der Waals surface area contributed by atoms with Crippen LogP contribution in [0, 0.1) is 0 Å². The summed E-state index contributed by atoms with van der Waals surface area (Å²) in [6, 6.07) is 7.87. The molecular formula is C13H15NO3S. The normalized spacial score (nSPS) is 21.3. The van der Waals surface area contributed by atoms with Gasteiger partial charge in [-0.3, -0.25) is 0 Å². The number of ether oxygens (including phenoxy) is 1. The van der Waals surface area contributed by atoms with Gasteiger partial charge in [0, 0.05) is 24.8 Å². The number of anilines is 1. The fourth-order valence-electron chi connectivity index (χ4n) is 2.61. The van der Waals surface area contributed by atoms with E-state index in [4.69, 9.17) is 4.74 Å². The first-order valence-electron chi connectivity index (χ1n) is 5.86. The highest BCUT2D eigenvalue weighted by atomic mass is 32.2. The van der Waals surface area contributed by atoms with Crippen molar-refractivity contribution in [2.24, 2.45) is 0 Å². The molecule has 2 aliphatic rings. The summed E-state index contributed by atoms with van der Waals surface area (Å²) in [5.74, 6) is 1.30. The van der Waals surface area contributed by atoms with Crippen LogP contribution in [-0.2, 0) is 9.84 Å². The van der Waals surface area contributed by atoms with E-state index in [2.05, 4.69) is 4.90 Å². The molecule has 0 spiro atoms. The Hall–Kier alpha value is -1.49. The smallest absolute Gasteiger partial charge is 0.158 e. The van der Waals surface area contributed by atoms with Gasteiger partial charge in [0.2, 0.25) is 0 Å². The lowest BCUT2D eigenvalue weighted by molar-refractivity contribution is 0.415. The molecule has 18 heavy (non-hydrogen) atoms. The molecule has 0 saturated heterocycles. The first-order valence-corrected chi connectivity index (χ1v) is 7.69. The Morgan fingerprint density at radius 2 is 1.83 bits per heavy atom. The highest BCUT2D eigenvalue weighted by molar-refractivity contribution is 7.92. The minimum atomic E-state index is -2.85. The van der Waals surface area contributed by atoms with E-state index in [1.54, 1.807) is 7.11 Å². The summed E-state index contributed by atoms with van der Waals surface area (Å²) in [6.45, 7) is 1.45. The summed E-state index contributed by atoms with van der Waals surface area (Å²) in [5, 5.41) is 0. The van der Waals surface area contributed by atoms with Crippen LogP contribution in [0.4, 0.5) is 5.69 Å². The van der Waals surface area contributed by atoms with Crippen LogP contribution in [-0.4, -0.2) is 40.1 Å². The van der Waals surface area contributed by atoms with Crippen LogP contribution < -0.4 is 9.64 Å². The highest BCUT2D eigenvalue weighted by Crippen LogP contribution is 2.31. The Bertz CT molecular complexity index is 595. The second-order valence-corrected chi connectivity index (χ2v) is 6.86. The van der Waals surface area contributed by atoms with Crippen molar-refractivity contribution in [1.82, 2.24) is 0 Å². The van der Waals surface area contributed by atoms with Crippen LogP contribution in [0.2, 0.25) is 0 Å². The fourth-order valence-corrected chi connectivity index (χ4v) is 4.36. The van der Waals surface area contributed by atoms with Crippen molar-refractivity contribution in [1.29, 1.82) is 0 Å². The molecule has 0 aromatic heterocycles. The third kappa shape index (κ3) is 1.99. The number of sulfone groups is 1. The van der Waals surface area contributed by atoms with E-state index in [0.717, 1.165) is 35.7 Å². The van der Waals surface area contributed by atoms with E-state index in [9.17, 15) is 8.42 Å². The Morgan fingerprint density at radius 3 is 2.44 bits per heavy atom. The lowest BCUT2D eigenvalue weighted by atomic mass is 10.2. The number of rotatable bonds is 2. The highest BCUT2D eigenvalue weighted by Gasteiger charge is 2.33. The third-order valence-corrected chi connectivity index (χ3v) is 5.05. The van der Waals surface area contributed by atoms with E-state index in [1.807, 2.05) is 24.3 Å². The standard InChI is InChI=1S/C13H15NO3S/c1-17-13-4-2-3-12(5-13)14-6-10-8-18(15,16)9-11(10)7-14/h2-5H,6-9H2,1H3. The molecule has 0 aliphatic carbocycles. The second kappa shape index (κ2) is 4.02. The number of hydrogen-bond donors (Lipinski definition) is 0. The van der Waals surface area contributed by atoms with Gasteiger partial charge in [-0.1, -0.05) is 6.07 Å². The van der Waals surface area contributed by atoms with Gasteiger partial charge in [0.05, 0.1) is 18.6 Å². The molecular weight excluding hydrogens is 250 g/mol. The monoisotopic (exact) mass is 265 g/mol. The summed E-state index contributed by atoms with van der Waals surface area (Å²) in [7, 11) is -1.20. The minimum Gasteiger partial charge on any atom is -0.497 e. The SMILES string of the molecule is COc1cccc(N2CC3=C(C2)CS(=O)(=O)C3)c1. The maximum atomic E-state index is 11.5. The molecule has 0 bridgehead atoms. The number of benzene rings is 1. The average molecular weight is 265 g/mol. The Labute approximate surface area is 107 Å². The van der Waals surface area contributed by atoms with E-state index in [-0.39, 0.29) is 11.5 Å². The topological polar surface area (TPSA) is 46.6 Å². The molecule has 4 nitrogen and oxygen atoms in total. The van der Waals surface area contributed by atoms with Crippen LogP contribution in [0.3, 0.4) is 0 Å². The van der Waals surface area contributed by atoms with Crippen molar-refractivity contribution >= 4 is 15.5 Å². The second-order valence-electron chi connectivity index (χ2n) is 4.80. The van der Waals surface area contributed by atoms with Gasteiger partial charge in [0.15, 0.2) is 9.84 Å². The molecule has 5 heteroatoms. The van der Waals surface area contributed by atoms with Crippen molar-refractivity contribution in [2.75, 3.05) is 36.6 Å². The molecule has 0 radical (unpaired) electrons. The molecule has 0 saturated carbocycles. The number of methoxy groups -OCH3 is 1. The lowest BCUT2D eigenvalue weighted by Crippen LogP contribution is -2.24. The van der Waals surface area contributed by atoms with Crippen LogP contribution in [0.25, 0.3) is 0 Å². The van der Waals surface area contributed by atoms with Crippen molar-refractivity contribution in [3.8, 4) is 5.75 Å². The first-order chi connectivity index (χ1) is 8.57. The molecule has 0 atom stereocenters. The molecule has 96 valence electrons. The quantitative estimate of drug-likeness (QED) is 0.755. The van der Waals surface area contributed by atoms with E-state index < -0.39 is 9.84 Å². The average Bonchev–Trinajstić information content (AvgIpc) is 2.82. The summed E-state index contributed by atoms with van der Waals surface area (Å²) < 4.78 is 28.2. The molecule has 2 heterocycles. The van der Waals surface area contributed by atoms with Gasteiger partial charge < -0.3 is 9.64 Å². The van der Waals surface area contributed by atoms with Crippen LogP contribution >= 0.6 is 0 Å². The zero-order chi connectivity index (χ0) is 12.8. The van der Waals surface area contributed by atoms with Crippen molar-refractivity contribution in [2.45, 2.75) is 0 Å². The lowest BCUT2D eigenvalue weighted by Gasteiger charge is -2.20. The maximum absolute atomic E-state index is 11.5. The number of nitrogens with zero attached hydrogens (tertiary/aromatic N) is 1. The molecule has 1 aromatic rings. The molecule has 0 unspecified atom stereocenters. The predicted molar refractivity (Wildman–Crippen MR) is 70.9 cm³/mol. The van der Waals surface area contributed by atoms with E-state index in [0.29, 0.717) is 0 Å². The zero-order valence-corrected chi connectivity index (χ0v) is 11.0. The van der Waals surface area contributed by atoms with Gasteiger partial charge in [-0.15, -0.1) is 0 Å². The van der Waals surface area contributed by atoms with Crippen LogP contribution in [0.5, 0.6) is 5.75 Å². The largest absolute Gasteiger partial charge is 0.497 e. The summed E-state index contributed by atoms with van der Waals surface area (Å²) >= 11 is 0. The van der Waals surface area contributed by atoms with Crippen molar-refractivity contribution in [3.63, 3.8) is 0 Å². The van der Waals surface area contributed by atoms with Gasteiger partial charge in [-0.05, 0) is 23.3 Å². The Balaban J connectivity index is 1.79. The molecule has 2 aliphatic heterocycles. The van der Waals surface area contributed by atoms with Gasteiger partial charge in [-0.2, -0.15) is 0 Å². The van der Waals surface area contributed by atoms with Crippen molar-refractivity contribution < 1.29 is 13.2 Å². The van der Waals surface area contributed by atoms with Gasteiger partial charge in [-0.25, -0.2) is 8.42 Å². The number of hydrogen-bond acceptors (Lipinski definition) is 4. The van der Waals surface area contributed by atoms with Crippen LogP contribution in [0.15, 0.2) is 35.4 Å². The first kappa shape index (κ1) is 11.6.